The molecule has 2 fully saturated rings. The Balaban J connectivity index is 1.40. The van der Waals surface area contributed by atoms with Gasteiger partial charge in [0, 0.05) is 44.6 Å². The molecule has 0 aromatic carbocycles. The Morgan fingerprint density at radius 3 is 2.68 bits per heavy atom. The van der Waals surface area contributed by atoms with E-state index in [4.69, 9.17) is 0 Å². The quantitative estimate of drug-likeness (QED) is 0.813. The highest BCUT2D eigenvalue weighted by Gasteiger charge is 2.30. The van der Waals surface area contributed by atoms with E-state index >= 15 is 0 Å². The van der Waals surface area contributed by atoms with Crippen LogP contribution in [0.2, 0.25) is 0 Å². The van der Waals surface area contributed by atoms with Crippen LogP contribution in [-0.2, 0) is 0 Å². The van der Waals surface area contributed by atoms with Crippen LogP contribution in [0.1, 0.15) is 38.1 Å². The maximum Gasteiger partial charge on any atom is 0.315 e. The molecule has 0 bridgehead atoms. The van der Waals surface area contributed by atoms with Crippen LogP contribution >= 0.6 is 0 Å². The number of carbonyl (C=O) groups excluding carboxylic acids is 1. The average Bonchev–Trinajstić information content (AvgIpc) is 3.25. The highest BCUT2D eigenvalue weighted by molar-refractivity contribution is 5.74. The summed E-state index contributed by atoms with van der Waals surface area (Å²) in [6.07, 6.45) is 11.0. The third-order valence-electron chi connectivity index (χ3n) is 5.49. The third kappa shape index (κ3) is 5.19. The number of hydrogen-bond donors (Lipinski definition) is 2. The van der Waals surface area contributed by atoms with E-state index in [1.165, 1.54) is 0 Å². The van der Waals surface area contributed by atoms with Gasteiger partial charge in [0.05, 0.1) is 18.4 Å². The van der Waals surface area contributed by atoms with E-state index in [1.54, 1.807) is 6.20 Å². The van der Waals surface area contributed by atoms with Gasteiger partial charge >= 0.3 is 6.03 Å². The Kier molecular flexibility index (Phi) is 6.31. The Morgan fingerprint density at radius 1 is 1.20 bits per heavy atom. The zero-order valence-electron chi connectivity index (χ0n) is 15.5. The second-order valence-corrected chi connectivity index (χ2v) is 7.65. The van der Waals surface area contributed by atoms with Crippen molar-refractivity contribution in [2.45, 2.75) is 50.2 Å². The molecule has 1 aromatic rings. The largest absolute Gasteiger partial charge is 0.335 e. The van der Waals surface area contributed by atoms with Crippen LogP contribution in [0.5, 0.6) is 0 Å². The van der Waals surface area contributed by atoms with Crippen molar-refractivity contribution in [2.75, 3.05) is 40.3 Å². The van der Waals surface area contributed by atoms with Gasteiger partial charge < -0.3 is 25.0 Å². The lowest BCUT2D eigenvalue weighted by molar-refractivity contribution is 0.178. The van der Waals surface area contributed by atoms with Gasteiger partial charge in [-0.3, -0.25) is 0 Å². The van der Waals surface area contributed by atoms with Crippen molar-refractivity contribution in [3.8, 4) is 0 Å². The van der Waals surface area contributed by atoms with Gasteiger partial charge in [-0.15, -0.1) is 0 Å². The van der Waals surface area contributed by atoms with Gasteiger partial charge in [-0.25, -0.2) is 9.78 Å². The van der Waals surface area contributed by atoms with Crippen molar-refractivity contribution in [1.82, 2.24) is 30.0 Å². The zero-order chi connectivity index (χ0) is 17.6. The van der Waals surface area contributed by atoms with Crippen molar-refractivity contribution in [2.24, 2.45) is 0 Å². The van der Waals surface area contributed by atoms with Crippen LogP contribution in [0.15, 0.2) is 18.7 Å². The molecule has 2 aliphatic rings. The molecule has 7 heteroatoms. The molecule has 140 valence electrons. The van der Waals surface area contributed by atoms with Crippen molar-refractivity contribution in [1.29, 1.82) is 0 Å². The van der Waals surface area contributed by atoms with Gasteiger partial charge in [0.2, 0.25) is 0 Å². The molecule has 2 amide bonds. The van der Waals surface area contributed by atoms with Crippen molar-refractivity contribution >= 4 is 6.03 Å². The van der Waals surface area contributed by atoms with E-state index in [2.05, 4.69) is 44.1 Å². The number of hydrogen-bond acceptors (Lipinski definition) is 4. The third-order valence-corrected chi connectivity index (χ3v) is 5.49. The molecule has 2 atom stereocenters. The summed E-state index contributed by atoms with van der Waals surface area (Å²) < 4.78 is 2.13. The zero-order valence-corrected chi connectivity index (χ0v) is 15.5. The average molecular weight is 348 g/mol. The van der Waals surface area contributed by atoms with E-state index in [0.29, 0.717) is 12.1 Å². The lowest BCUT2D eigenvalue weighted by atomic mass is 10.1. The van der Waals surface area contributed by atoms with Crippen LogP contribution < -0.4 is 10.6 Å². The summed E-state index contributed by atoms with van der Waals surface area (Å²) in [6.45, 7) is 4.34. The number of carbonyl (C=O) groups is 1. The second-order valence-electron chi connectivity index (χ2n) is 7.65. The number of imidazole rings is 1. The van der Waals surface area contributed by atoms with Crippen molar-refractivity contribution in [3.63, 3.8) is 0 Å². The fourth-order valence-corrected chi connectivity index (χ4v) is 3.97. The molecule has 0 radical (unpaired) electrons. The minimum Gasteiger partial charge on any atom is -0.335 e. The summed E-state index contributed by atoms with van der Waals surface area (Å²) in [5.74, 6) is 0. The minimum atomic E-state index is -0.0104. The molecule has 1 saturated carbocycles. The number of urea groups is 1. The lowest BCUT2D eigenvalue weighted by Crippen LogP contribution is -2.51. The van der Waals surface area contributed by atoms with Gasteiger partial charge in [-0.2, -0.15) is 0 Å². The molecule has 1 saturated heterocycles. The normalized spacial score (nSPS) is 25.4. The van der Waals surface area contributed by atoms with Gasteiger partial charge in [0.25, 0.3) is 0 Å². The first-order valence-electron chi connectivity index (χ1n) is 9.53. The van der Waals surface area contributed by atoms with Crippen LogP contribution in [0.25, 0.3) is 0 Å². The first-order chi connectivity index (χ1) is 12.1. The van der Waals surface area contributed by atoms with E-state index in [-0.39, 0.29) is 12.1 Å². The number of amides is 2. The number of nitrogens with zero attached hydrogens (tertiary/aromatic N) is 4. The monoisotopic (exact) mass is 348 g/mol. The summed E-state index contributed by atoms with van der Waals surface area (Å²) >= 11 is 0. The molecule has 2 heterocycles. The van der Waals surface area contributed by atoms with Crippen LogP contribution in [0.3, 0.4) is 0 Å². The van der Waals surface area contributed by atoms with E-state index in [0.717, 1.165) is 58.3 Å². The highest BCUT2D eigenvalue weighted by atomic mass is 16.2. The number of nitrogens with one attached hydrogen (secondary N) is 2. The van der Waals surface area contributed by atoms with E-state index < -0.39 is 0 Å². The Labute approximate surface area is 150 Å². The summed E-state index contributed by atoms with van der Waals surface area (Å²) in [4.78, 5) is 21.3. The standard InChI is InChI=1S/C18H32N6O/c1-22(2)12-13-23-9-6-15(7-10-23)20-18(25)21-16-4-3-5-17(16)24-11-8-19-14-24/h8,11,14-17H,3-7,9-10,12-13H2,1-2H3,(H2,20,21,25)/t16-,17+/m1/s1. The minimum absolute atomic E-state index is 0.0104. The molecule has 1 aromatic heterocycles. The number of aromatic nitrogens is 2. The van der Waals surface area contributed by atoms with Crippen LogP contribution in [0, 0.1) is 0 Å². The van der Waals surface area contributed by atoms with Gasteiger partial charge in [-0.1, -0.05) is 0 Å². The lowest BCUT2D eigenvalue weighted by Gasteiger charge is -2.33. The summed E-state index contributed by atoms with van der Waals surface area (Å²) in [6, 6.07) is 0.822. The van der Waals surface area contributed by atoms with Crippen LogP contribution in [-0.4, -0.2) is 77.7 Å². The molecule has 0 spiro atoms. The number of likely N-dealkylation sites (tertiary alicyclic amines) is 1. The molecule has 1 aliphatic carbocycles. The van der Waals surface area contributed by atoms with Gasteiger partial charge in [0.15, 0.2) is 0 Å². The summed E-state index contributed by atoms with van der Waals surface area (Å²) in [5, 5.41) is 6.38. The summed E-state index contributed by atoms with van der Waals surface area (Å²) in [5.41, 5.74) is 0. The fourth-order valence-electron chi connectivity index (χ4n) is 3.97. The molecule has 7 nitrogen and oxygen atoms in total. The Hall–Kier alpha value is -1.60. The Morgan fingerprint density at radius 2 is 2.00 bits per heavy atom. The van der Waals surface area contributed by atoms with Gasteiger partial charge in [0.1, 0.15) is 0 Å². The molecule has 3 rings (SSSR count). The van der Waals surface area contributed by atoms with Crippen molar-refractivity contribution < 1.29 is 4.79 Å². The van der Waals surface area contributed by atoms with E-state index in [9.17, 15) is 4.79 Å². The molecular formula is C18H32N6O. The number of rotatable bonds is 6. The maximum atomic E-state index is 12.4. The first-order valence-corrected chi connectivity index (χ1v) is 9.53. The smallest absolute Gasteiger partial charge is 0.315 e. The van der Waals surface area contributed by atoms with E-state index in [1.807, 2.05) is 12.5 Å². The maximum absolute atomic E-state index is 12.4. The van der Waals surface area contributed by atoms with Gasteiger partial charge in [-0.05, 0) is 46.2 Å². The SMILES string of the molecule is CN(C)CCN1CCC(NC(=O)N[C@@H]2CCC[C@@H]2n2ccnc2)CC1. The highest BCUT2D eigenvalue weighted by Crippen LogP contribution is 2.29. The number of likely N-dealkylation sites (N-methyl/N-ethyl adjacent to an activating group) is 1. The topological polar surface area (TPSA) is 65.4 Å². The van der Waals surface area contributed by atoms with Crippen molar-refractivity contribution in [3.05, 3.63) is 18.7 Å². The molecule has 1 aliphatic heterocycles. The predicted octanol–water partition coefficient (Wildman–Crippen LogP) is 1.30. The molecule has 25 heavy (non-hydrogen) atoms. The summed E-state index contributed by atoms with van der Waals surface area (Å²) in [7, 11) is 4.22. The number of piperidine rings is 1. The molecular weight excluding hydrogens is 316 g/mol. The van der Waals surface area contributed by atoms with Crippen LogP contribution in [0.4, 0.5) is 4.79 Å². The second kappa shape index (κ2) is 8.67. The molecule has 0 unspecified atom stereocenters. The fraction of sp³-hybridized carbons (Fsp3) is 0.778. The Bertz CT molecular complexity index is 524. The predicted molar refractivity (Wildman–Crippen MR) is 98.6 cm³/mol. The first kappa shape index (κ1) is 18.2. The molecule has 2 N–H and O–H groups in total.